The largest absolute Gasteiger partial charge is 0.484 e. The Labute approximate surface area is 179 Å². The summed E-state index contributed by atoms with van der Waals surface area (Å²) in [6.45, 7) is 1.81. The number of amides is 1. The van der Waals surface area contributed by atoms with E-state index in [2.05, 4.69) is 10.5 Å². The highest BCUT2D eigenvalue weighted by Crippen LogP contribution is 2.16. The van der Waals surface area contributed by atoms with Crippen molar-refractivity contribution in [3.8, 4) is 11.5 Å². The Morgan fingerprint density at radius 3 is 2.50 bits per heavy atom. The van der Waals surface area contributed by atoms with Gasteiger partial charge in [0.2, 0.25) is 0 Å². The van der Waals surface area contributed by atoms with Gasteiger partial charge in [0.1, 0.15) is 11.5 Å². The van der Waals surface area contributed by atoms with Crippen LogP contribution in [0.25, 0.3) is 0 Å². The second kappa shape index (κ2) is 10.2. The van der Waals surface area contributed by atoms with Crippen LogP contribution in [-0.2, 0) is 4.79 Å². The number of nitrogens with one attached hydrogen (secondary N) is 1. The van der Waals surface area contributed by atoms with Gasteiger partial charge in [0.05, 0.1) is 11.8 Å². The first-order chi connectivity index (χ1) is 14.5. The van der Waals surface area contributed by atoms with Crippen molar-refractivity contribution in [2.45, 2.75) is 6.92 Å². The summed E-state index contributed by atoms with van der Waals surface area (Å²) < 4.78 is 10.7. The zero-order valence-electron chi connectivity index (χ0n) is 16.2. The highest BCUT2D eigenvalue weighted by Gasteiger charge is 2.08. The van der Waals surface area contributed by atoms with E-state index < -0.39 is 5.97 Å². The minimum atomic E-state index is -0.500. The average molecular weight is 423 g/mol. The molecule has 3 aromatic rings. The molecule has 0 heterocycles. The van der Waals surface area contributed by atoms with E-state index in [4.69, 9.17) is 21.1 Å². The van der Waals surface area contributed by atoms with Gasteiger partial charge in [-0.15, -0.1) is 0 Å². The van der Waals surface area contributed by atoms with Gasteiger partial charge >= 0.3 is 5.97 Å². The van der Waals surface area contributed by atoms with Crippen molar-refractivity contribution in [1.29, 1.82) is 0 Å². The Hall–Kier alpha value is -3.64. The number of carbonyl (C=O) groups is 2. The number of esters is 1. The number of carbonyl (C=O) groups excluding carboxylic acids is 2. The predicted molar refractivity (Wildman–Crippen MR) is 115 cm³/mol. The van der Waals surface area contributed by atoms with Crippen LogP contribution in [-0.4, -0.2) is 24.7 Å². The molecule has 152 valence electrons. The molecule has 0 spiro atoms. The van der Waals surface area contributed by atoms with Crippen LogP contribution in [0.2, 0.25) is 5.02 Å². The van der Waals surface area contributed by atoms with Gasteiger partial charge in [0.15, 0.2) is 6.61 Å². The number of hydrogen-bond acceptors (Lipinski definition) is 5. The second-order valence-electron chi connectivity index (χ2n) is 6.37. The van der Waals surface area contributed by atoms with Crippen molar-refractivity contribution in [2.75, 3.05) is 6.61 Å². The third-order valence-electron chi connectivity index (χ3n) is 3.91. The van der Waals surface area contributed by atoms with Gasteiger partial charge in [-0.3, -0.25) is 4.79 Å². The number of hydrogen-bond donors (Lipinski definition) is 1. The zero-order valence-corrected chi connectivity index (χ0v) is 16.9. The first kappa shape index (κ1) is 21.1. The zero-order chi connectivity index (χ0) is 21.3. The Balaban J connectivity index is 1.47. The smallest absolute Gasteiger partial charge is 0.343 e. The first-order valence-electron chi connectivity index (χ1n) is 9.09. The molecule has 6 nitrogen and oxygen atoms in total. The summed E-state index contributed by atoms with van der Waals surface area (Å²) in [5, 5.41) is 4.35. The number of nitrogens with zero attached hydrogens (tertiary/aromatic N) is 1. The molecule has 0 bridgehead atoms. The van der Waals surface area contributed by atoms with Crippen molar-refractivity contribution in [3.05, 3.63) is 94.5 Å². The van der Waals surface area contributed by atoms with Crippen molar-refractivity contribution < 1.29 is 19.1 Å². The van der Waals surface area contributed by atoms with Gasteiger partial charge in [-0.1, -0.05) is 29.8 Å². The topological polar surface area (TPSA) is 77.0 Å². The van der Waals surface area contributed by atoms with Gasteiger partial charge in [-0.05, 0) is 72.6 Å². The molecule has 1 amide bonds. The summed E-state index contributed by atoms with van der Waals surface area (Å²) >= 11 is 5.88. The fourth-order valence-electron chi connectivity index (χ4n) is 2.47. The van der Waals surface area contributed by atoms with Crippen LogP contribution < -0.4 is 14.9 Å². The van der Waals surface area contributed by atoms with E-state index >= 15 is 0 Å². The van der Waals surface area contributed by atoms with E-state index in [-0.39, 0.29) is 12.5 Å². The summed E-state index contributed by atoms with van der Waals surface area (Å²) in [6, 6.07) is 20.6. The number of hydrazone groups is 1. The van der Waals surface area contributed by atoms with Gasteiger partial charge in [-0.25, -0.2) is 10.2 Å². The monoisotopic (exact) mass is 422 g/mol. The molecule has 0 unspecified atom stereocenters. The van der Waals surface area contributed by atoms with Crippen molar-refractivity contribution in [3.63, 3.8) is 0 Å². The van der Waals surface area contributed by atoms with Crippen LogP contribution >= 0.6 is 11.6 Å². The maximum atomic E-state index is 12.1. The fourth-order valence-corrected chi connectivity index (χ4v) is 2.66. The van der Waals surface area contributed by atoms with Gasteiger partial charge < -0.3 is 9.47 Å². The molecule has 0 aliphatic carbocycles. The van der Waals surface area contributed by atoms with E-state index in [9.17, 15) is 9.59 Å². The Bertz CT molecular complexity index is 1060. The van der Waals surface area contributed by atoms with Crippen molar-refractivity contribution in [2.24, 2.45) is 5.10 Å². The molecule has 3 aromatic carbocycles. The lowest BCUT2D eigenvalue weighted by molar-refractivity contribution is -0.123. The van der Waals surface area contributed by atoms with E-state index in [0.29, 0.717) is 22.1 Å². The number of rotatable bonds is 7. The highest BCUT2D eigenvalue weighted by molar-refractivity contribution is 6.30. The molecule has 7 heteroatoms. The SMILES string of the molecule is Cc1cccc(OCC(=O)N/N=C/c2ccc(OC(=O)c3cccc(Cl)c3)cc2)c1. The lowest BCUT2D eigenvalue weighted by Gasteiger charge is -2.06. The molecule has 0 aliphatic rings. The summed E-state index contributed by atoms with van der Waals surface area (Å²) in [6.07, 6.45) is 1.48. The lowest BCUT2D eigenvalue weighted by atomic mass is 10.2. The van der Waals surface area contributed by atoms with Crippen LogP contribution in [0.4, 0.5) is 0 Å². The normalized spacial score (nSPS) is 10.6. The molecule has 3 rings (SSSR count). The molecule has 0 saturated carbocycles. The highest BCUT2D eigenvalue weighted by atomic mass is 35.5. The molecule has 0 aromatic heterocycles. The van der Waals surface area contributed by atoms with E-state index in [1.165, 1.54) is 12.3 Å². The molecule has 1 N–H and O–H groups in total. The predicted octanol–water partition coefficient (Wildman–Crippen LogP) is 4.40. The van der Waals surface area contributed by atoms with Crippen LogP contribution in [0.5, 0.6) is 11.5 Å². The number of benzene rings is 3. The van der Waals surface area contributed by atoms with Gasteiger partial charge in [0.25, 0.3) is 5.91 Å². The van der Waals surface area contributed by atoms with Crippen LogP contribution in [0.15, 0.2) is 77.9 Å². The van der Waals surface area contributed by atoms with E-state index in [1.807, 2.05) is 25.1 Å². The van der Waals surface area contributed by atoms with Crippen molar-refractivity contribution in [1.82, 2.24) is 5.43 Å². The molecular formula is C23H19ClN2O4. The maximum absolute atomic E-state index is 12.1. The quantitative estimate of drug-likeness (QED) is 0.265. The Morgan fingerprint density at radius 1 is 1.00 bits per heavy atom. The maximum Gasteiger partial charge on any atom is 0.343 e. The Kier molecular flexibility index (Phi) is 7.19. The minimum Gasteiger partial charge on any atom is -0.484 e. The molecule has 0 radical (unpaired) electrons. The van der Waals surface area contributed by atoms with Gasteiger partial charge in [-0.2, -0.15) is 5.10 Å². The Morgan fingerprint density at radius 2 is 1.77 bits per heavy atom. The molecule has 30 heavy (non-hydrogen) atoms. The summed E-state index contributed by atoms with van der Waals surface area (Å²) in [4.78, 5) is 23.9. The molecule has 0 aliphatic heterocycles. The molecule has 0 fully saturated rings. The van der Waals surface area contributed by atoms with E-state index in [0.717, 1.165) is 11.1 Å². The fraction of sp³-hybridized carbons (Fsp3) is 0.0870. The minimum absolute atomic E-state index is 0.140. The van der Waals surface area contributed by atoms with Crippen LogP contribution in [0.1, 0.15) is 21.5 Å². The second-order valence-corrected chi connectivity index (χ2v) is 6.80. The van der Waals surface area contributed by atoms with Crippen molar-refractivity contribution >= 4 is 29.7 Å². The molecule has 0 saturated heterocycles. The first-order valence-corrected chi connectivity index (χ1v) is 9.46. The summed E-state index contributed by atoms with van der Waals surface area (Å²) in [5.41, 5.74) is 4.53. The standard InChI is InChI=1S/C23H19ClN2O4/c1-16-4-2-7-21(12-16)29-15-22(27)26-25-14-17-8-10-20(11-9-17)30-23(28)18-5-3-6-19(24)13-18/h2-14H,15H2,1H3,(H,26,27)/b25-14+. The molecular weight excluding hydrogens is 404 g/mol. The summed E-state index contributed by atoms with van der Waals surface area (Å²) in [7, 11) is 0. The summed E-state index contributed by atoms with van der Waals surface area (Å²) in [5.74, 6) is 0.129. The van der Waals surface area contributed by atoms with Gasteiger partial charge in [0, 0.05) is 5.02 Å². The number of aryl methyl sites for hydroxylation is 1. The third-order valence-corrected chi connectivity index (χ3v) is 4.15. The number of ether oxygens (including phenoxy) is 2. The number of halogens is 1. The van der Waals surface area contributed by atoms with E-state index in [1.54, 1.807) is 48.5 Å². The third kappa shape index (κ3) is 6.46. The average Bonchev–Trinajstić information content (AvgIpc) is 2.73. The lowest BCUT2D eigenvalue weighted by Crippen LogP contribution is -2.24. The van der Waals surface area contributed by atoms with Crippen LogP contribution in [0, 0.1) is 6.92 Å². The molecule has 0 atom stereocenters. The van der Waals surface area contributed by atoms with Crippen LogP contribution in [0.3, 0.4) is 0 Å².